The maximum Gasteiger partial charge on any atom is 0.407 e. The standard InChI is InChI=1S/C21H28N4O3/c1-15-20(12-25(24-15)18-8-5-9-18)27-14-17-10-22-11-19(17)23-21(26)28-13-16-6-3-2-4-7-16/h2-4,6-7,12,17-19,22H,5,8-11,13-14H2,1H3,(H,23,26)/t17-,19+/m1/s1. The molecule has 0 radical (unpaired) electrons. The van der Waals surface area contributed by atoms with Crippen molar-refractivity contribution in [3.8, 4) is 5.75 Å². The van der Waals surface area contributed by atoms with Gasteiger partial charge in [0.1, 0.15) is 12.3 Å². The maximum absolute atomic E-state index is 12.1. The molecule has 7 nitrogen and oxygen atoms in total. The molecule has 4 rings (SSSR count). The Morgan fingerprint density at radius 2 is 2.11 bits per heavy atom. The number of amides is 1. The molecule has 0 unspecified atom stereocenters. The van der Waals surface area contributed by atoms with Crippen LogP contribution in [0.4, 0.5) is 4.79 Å². The monoisotopic (exact) mass is 384 g/mol. The zero-order valence-electron chi connectivity index (χ0n) is 16.3. The molecule has 0 bridgehead atoms. The van der Waals surface area contributed by atoms with Crippen molar-refractivity contribution < 1.29 is 14.3 Å². The van der Waals surface area contributed by atoms with E-state index in [4.69, 9.17) is 9.47 Å². The second kappa shape index (κ2) is 8.65. The highest BCUT2D eigenvalue weighted by atomic mass is 16.5. The molecule has 150 valence electrons. The van der Waals surface area contributed by atoms with Crippen LogP contribution in [0.3, 0.4) is 0 Å². The van der Waals surface area contributed by atoms with E-state index in [9.17, 15) is 4.79 Å². The fraction of sp³-hybridized carbons (Fsp3) is 0.524. The Bertz CT molecular complexity index is 788. The van der Waals surface area contributed by atoms with E-state index in [0.717, 1.165) is 30.1 Å². The van der Waals surface area contributed by atoms with E-state index >= 15 is 0 Å². The normalized spacial score (nSPS) is 21.9. The molecule has 2 aliphatic rings. The molecule has 1 aliphatic carbocycles. The summed E-state index contributed by atoms with van der Waals surface area (Å²) in [6.07, 6.45) is 5.30. The van der Waals surface area contributed by atoms with Crippen LogP contribution in [-0.4, -0.2) is 41.6 Å². The number of carbonyl (C=O) groups is 1. The minimum atomic E-state index is -0.392. The van der Waals surface area contributed by atoms with Crippen molar-refractivity contribution in [2.75, 3.05) is 19.7 Å². The first-order valence-electron chi connectivity index (χ1n) is 10.1. The SMILES string of the molecule is Cc1nn(C2CCC2)cc1OC[C@H]1CNC[C@@H]1NC(=O)OCc1ccccc1. The van der Waals surface area contributed by atoms with Crippen LogP contribution in [0.25, 0.3) is 0 Å². The van der Waals surface area contributed by atoms with Gasteiger partial charge in [-0.25, -0.2) is 4.79 Å². The van der Waals surface area contributed by atoms with E-state index < -0.39 is 6.09 Å². The number of hydrogen-bond donors (Lipinski definition) is 2. The van der Waals surface area contributed by atoms with Gasteiger partial charge in [0.15, 0.2) is 5.75 Å². The maximum atomic E-state index is 12.1. The highest BCUT2D eigenvalue weighted by Gasteiger charge is 2.30. The lowest BCUT2D eigenvalue weighted by molar-refractivity contribution is 0.131. The molecule has 2 N–H and O–H groups in total. The summed E-state index contributed by atoms with van der Waals surface area (Å²) in [4.78, 5) is 12.1. The summed E-state index contributed by atoms with van der Waals surface area (Å²) in [5, 5.41) is 10.9. The van der Waals surface area contributed by atoms with E-state index in [-0.39, 0.29) is 18.6 Å². The van der Waals surface area contributed by atoms with Gasteiger partial charge >= 0.3 is 6.09 Å². The van der Waals surface area contributed by atoms with Crippen LogP contribution in [0.15, 0.2) is 36.5 Å². The van der Waals surface area contributed by atoms with Crippen molar-refractivity contribution >= 4 is 6.09 Å². The summed E-state index contributed by atoms with van der Waals surface area (Å²) in [7, 11) is 0. The van der Waals surface area contributed by atoms with Gasteiger partial charge in [0.2, 0.25) is 0 Å². The summed E-state index contributed by atoms with van der Waals surface area (Å²) in [5.41, 5.74) is 1.89. The lowest BCUT2D eigenvalue weighted by Gasteiger charge is -2.25. The third-order valence-corrected chi connectivity index (χ3v) is 5.63. The number of rotatable bonds is 7. The Morgan fingerprint density at radius 3 is 2.86 bits per heavy atom. The van der Waals surface area contributed by atoms with Crippen molar-refractivity contribution in [1.29, 1.82) is 0 Å². The van der Waals surface area contributed by atoms with Crippen LogP contribution in [0.1, 0.15) is 36.6 Å². The van der Waals surface area contributed by atoms with Crippen LogP contribution in [0.2, 0.25) is 0 Å². The van der Waals surface area contributed by atoms with Gasteiger partial charge in [-0.05, 0) is 31.7 Å². The number of nitrogens with one attached hydrogen (secondary N) is 2. The van der Waals surface area contributed by atoms with Crippen LogP contribution in [0.5, 0.6) is 5.75 Å². The van der Waals surface area contributed by atoms with Gasteiger partial charge in [-0.3, -0.25) is 4.68 Å². The van der Waals surface area contributed by atoms with Gasteiger partial charge in [-0.2, -0.15) is 5.10 Å². The van der Waals surface area contributed by atoms with Crippen LogP contribution in [-0.2, 0) is 11.3 Å². The molecular weight excluding hydrogens is 356 g/mol. The number of carbonyl (C=O) groups excluding carboxylic acids is 1. The number of hydrogen-bond acceptors (Lipinski definition) is 5. The molecule has 1 saturated heterocycles. The fourth-order valence-electron chi connectivity index (χ4n) is 3.64. The predicted molar refractivity (Wildman–Crippen MR) is 105 cm³/mol. The van der Waals surface area contributed by atoms with Gasteiger partial charge in [0.25, 0.3) is 0 Å². The van der Waals surface area contributed by atoms with Gasteiger partial charge in [0, 0.05) is 19.0 Å². The second-order valence-corrected chi connectivity index (χ2v) is 7.69. The minimum absolute atomic E-state index is 0.00902. The Hall–Kier alpha value is -2.54. The fourth-order valence-corrected chi connectivity index (χ4v) is 3.64. The molecule has 1 saturated carbocycles. The lowest BCUT2D eigenvalue weighted by atomic mass is 9.93. The zero-order valence-corrected chi connectivity index (χ0v) is 16.3. The Balaban J connectivity index is 1.25. The second-order valence-electron chi connectivity index (χ2n) is 7.69. The van der Waals surface area contributed by atoms with Crippen molar-refractivity contribution in [1.82, 2.24) is 20.4 Å². The summed E-state index contributed by atoms with van der Waals surface area (Å²) in [6.45, 7) is 4.31. The zero-order chi connectivity index (χ0) is 19.3. The third-order valence-electron chi connectivity index (χ3n) is 5.63. The number of aryl methyl sites for hydroxylation is 1. The third kappa shape index (κ3) is 4.47. The number of aromatic nitrogens is 2. The molecule has 1 aromatic heterocycles. The molecule has 2 heterocycles. The molecule has 1 aliphatic heterocycles. The minimum Gasteiger partial charge on any atom is -0.490 e. The first kappa shape index (κ1) is 18.8. The van der Waals surface area contributed by atoms with Gasteiger partial charge in [0.05, 0.1) is 24.9 Å². The highest BCUT2D eigenvalue weighted by Crippen LogP contribution is 2.32. The Labute approximate surface area is 165 Å². The number of nitrogens with zero attached hydrogens (tertiary/aromatic N) is 2. The van der Waals surface area contributed by atoms with Crippen LogP contribution < -0.4 is 15.4 Å². The lowest BCUT2D eigenvalue weighted by Crippen LogP contribution is -2.42. The summed E-state index contributed by atoms with van der Waals surface area (Å²) in [6, 6.07) is 10.2. The number of ether oxygens (including phenoxy) is 2. The summed E-state index contributed by atoms with van der Waals surface area (Å²) < 4.78 is 13.4. The number of benzene rings is 1. The molecule has 28 heavy (non-hydrogen) atoms. The van der Waals surface area contributed by atoms with E-state index in [1.54, 1.807) is 0 Å². The Morgan fingerprint density at radius 1 is 1.29 bits per heavy atom. The van der Waals surface area contributed by atoms with E-state index in [1.165, 1.54) is 19.3 Å². The topological polar surface area (TPSA) is 77.4 Å². The first-order chi connectivity index (χ1) is 13.7. The van der Waals surface area contributed by atoms with Crippen molar-refractivity contribution in [2.45, 2.75) is 44.9 Å². The van der Waals surface area contributed by atoms with Crippen LogP contribution >= 0.6 is 0 Å². The molecule has 0 spiro atoms. The quantitative estimate of drug-likeness (QED) is 0.768. The molecule has 1 aromatic carbocycles. The van der Waals surface area contributed by atoms with Gasteiger partial charge < -0.3 is 20.1 Å². The molecule has 2 atom stereocenters. The van der Waals surface area contributed by atoms with E-state index in [2.05, 4.69) is 15.7 Å². The van der Waals surface area contributed by atoms with Crippen molar-refractivity contribution in [3.63, 3.8) is 0 Å². The average Bonchev–Trinajstić information content (AvgIpc) is 3.24. The largest absolute Gasteiger partial charge is 0.490 e. The van der Waals surface area contributed by atoms with Crippen molar-refractivity contribution in [3.05, 3.63) is 47.8 Å². The summed E-state index contributed by atoms with van der Waals surface area (Å²) in [5.74, 6) is 1.03. The molecule has 2 fully saturated rings. The van der Waals surface area contributed by atoms with E-state index in [0.29, 0.717) is 12.6 Å². The molecule has 1 amide bonds. The predicted octanol–water partition coefficient (Wildman–Crippen LogP) is 2.81. The van der Waals surface area contributed by atoms with Crippen LogP contribution in [0, 0.1) is 12.8 Å². The molecule has 7 heteroatoms. The molecular formula is C21H28N4O3. The first-order valence-corrected chi connectivity index (χ1v) is 10.1. The number of alkyl carbamates (subject to hydrolysis) is 1. The Kier molecular flexibility index (Phi) is 5.81. The van der Waals surface area contributed by atoms with Gasteiger partial charge in [-0.15, -0.1) is 0 Å². The molecule has 2 aromatic rings. The van der Waals surface area contributed by atoms with Crippen molar-refractivity contribution in [2.24, 2.45) is 5.92 Å². The highest BCUT2D eigenvalue weighted by molar-refractivity contribution is 5.67. The summed E-state index contributed by atoms with van der Waals surface area (Å²) >= 11 is 0. The van der Waals surface area contributed by atoms with Gasteiger partial charge in [-0.1, -0.05) is 30.3 Å². The smallest absolute Gasteiger partial charge is 0.407 e. The average molecular weight is 384 g/mol. The van der Waals surface area contributed by atoms with E-state index in [1.807, 2.05) is 48.1 Å².